The number of hydrogen-bond acceptors (Lipinski definition) is 1. The van der Waals surface area contributed by atoms with Crippen molar-refractivity contribution in [3.63, 3.8) is 0 Å². The Morgan fingerprint density at radius 2 is 2.20 bits per heavy atom. The summed E-state index contributed by atoms with van der Waals surface area (Å²) in [5.41, 5.74) is 0.323. The van der Waals surface area contributed by atoms with Gasteiger partial charge in [-0.05, 0) is 24.1 Å². The quantitative estimate of drug-likeness (QED) is 0.716. The summed E-state index contributed by atoms with van der Waals surface area (Å²) in [6.45, 7) is 0. The zero-order valence-electron chi connectivity index (χ0n) is 8.30. The third-order valence-corrected chi connectivity index (χ3v) is 3.26. The summed E-state index contributed by atoms with van der Waals surface area (Å²) < 4.78 is 12.9. The van der Waals surface area contributed by atoms with E-state index in [0.29, 0.717) is 22.9 Å². The number of halogens is 2. The van der Waals surface area contributed by atoms with Crippen LogP contribution in [-0.4, -0.2) is 5.78 Å². The van der Waals surface area contributed by atoms with Gasteiger partial charge in [-0.25, -0.2) is 4.39 Å². The highest BCUT2D eigenvalue weighted by molar-refractivity contribution is 6.33. The van der Waals surface area contributed by atoms with Crippen molar-refractivity contribution in [2.45, 2.75) is 25.7 Å². The van der Waals surface area contributed by atoms with Crippen LogP contribution in [-0.2, 0) is 0 Å². The molecule has 0 bridgehead atoms. The molecule has 0 saturated heterocycles. The molecule has 2 rings (SSSR count). The molecule has 0 radical (unpaired) electrons. The Kier molecular flexibility index (Phi) is 3.06. The molecule has 80 valence electrons. The van der Waals surface area contributed by atoms with Gasteiger partial charge in [0.25, 0.3) is 0 Å². The highest BCUT2D eigenvalue weighted by Gasteiger charge is 2.22. The molecular weight excluding hydrogens is 215 g/mol. The standard InChI is InChI=1S/C12H12ClFO/c13-11-5-4-9(14)7-10(11)12(15)6-8-2-1-3-8/h4-5,7-8H,1-3,6H2. The molecule has 15 heavy (non-hydrogen) atoms. The summed E-state index contributed by atoms with van der Waals surface area (Å²) in [4.78, 5) is 11.8. The Bertz CT molecular complexity index is 385. The Hall–Kier alpha value is -0.890. The molecule has 0 unspecified atom stereocenters. The van der Waals surface area contributed by atoms with Crippen LogP contribution < -0.4 is 0 Å². The Morgan fingerprint density at radius 3 is 2.80 bits per heavy atom. The molecular formula is C12H12ClFO. The van der Waals surface area contributed by atoms with Crippen LogP contribution in [0.1, 0.15) is 36.0 Å². The van der Waals surface area contributed by atoms with Crippen molar-refractivity contribution in [1.29, 1.82) is 0 Å². The van der Waals surface area contributed by atoms with Crippen LogP contribution in [0.15, 0.2) is 18.2 Å². The van der Waals surface area contributed by atoms with Gasteiger partial charge in [0.05, 0.1) is 5.02 Å². The molecule has 0 amide bonds. The van der Waals surface area contributed by atoms with E-state index in [4.69, 9.17) is 11.6 Å². The van der Waals surface area contributed by atoms with Gasteiger partial charge in [0, 0.05) is 12.0 Å². The van der Waals surface area contributed by atoms with Crippen molar-refractivity contribution in [2.24, 2.45) is 5.92 Å². The highest BCUT2D eigenvalue weighted by atomic mass is 35.5. The number of carbonyl (C=O) groups is 1. The van der Waals surface area contributed by atoms with Gasteiger partial charge in [-0.1, -0.05) is 30.9 Å². The monoisotopic (exact) mass is 226 g/mol. The van der Waals surface area contributed by atoms with Crippen molar-refractivity contribution in [3.05, 3.63) is 34.6 Å². The van der Waals surface area contributed by atoms with E-state index in [1.54, 1.807) is 0 Å². The van der Waals surface area contributed by atoms with Crippen molar-refractivity contribution in [2.75, 3.05) is 0 Å². The smallest absolute Gasteiger partial charge is 0.164 e. The highest BCUT2D eigenvalue weighted by Crippen LogP contribution is 2.31. The number of carbonyl (C=O) groups excluding carboxylic acids is 1. The van der Waals surface area contributed by atoms with E-state index in [2.05, 4.69) is 0 Å². The van der Waals surface area contributed by atoms with Gasteiger partial charge >= 0.3 is 0 Å². The summed E-state index contributed by atoms with van der Waals surface area (Å²) in [6, 6.07) is 3.93. The molecule has 0 heterocycles. The van der Waals surface area contributed by atoms with Gasteiger partial charge < -0.3 is 0 Å². The lowest BCUT2D eigenvalue weighted by Crippen LogP contribution is -2.16. The Morgan fingerprint density at radius 1 is 1.47 bits per heavy atom. The van der Waals surface area contributed by atoms with E-state index < -0.39 is 5.82 Å². The van der Waals surface area contributed by atoms with Crippen molar-refractivity contribution >= 4 is 17.4 Å². The molecule has 1 aromatic rings. The maximum absolute atomic E-state index is 12.9. The molecule has 0 aliphatic heterocycles. The van der Waals surface area contributed by atoms with Crippen LogP contribution in [0.2, 0.25) is 5.02 Å². The second-order valence-corrected chi connectivity index (χ2v) is 4.46. The van der Waals surface area contributed by atoms with E-state index in [-0.39, 0.29) is 5.78 Å². The van der Waals surface area contributed by atoms with Crippen molar-refractivity contribution < 1.29 is 9.18 Å². The number of hydrogen-bond donors (Lipinski definition) is 0. The SMILES string of the molecule is O=C(CC1CCC1)c1cc(F)ccc1Cl. The van der Waals surface area contributed by atoms with Gasteiger partial charge in [-0.2, -0.15) is 0 Å². The van der Waals surface area contributed by atoms with Gasteiger partial charge in [0.2, 0.25) is 0 Å². The fourth-order valence-corrected chi connectivity index (χ4v) is 2.00. The topological polar surface area (TPSA) is 17.1 Å². The van der Waals surface area contributed by atoms with Crippen LogP contribution in [0.3, 0.4) is 0 Å². The first-order valence-electron chi connectivity index (χ1n) is 5.15. The largest absolute Gasteiger partial charge is 0.294 e. The molecule has 1 fully saturated rings. The third-order valence-electron chi connectivity index (χ3n) is 2.93. The molecule has 1 aliphatic rings. The molecule has 1 nitrogen and oxygen atoms in total. The molecule has 3 heteroatoms. The first-order chi connectivity index (χ1) is 7.16. The summed E-state index contributed by atoms with van der Waals surface area (Å²) in [6.07, 6.45) is 3.93. The molecule has 1 aliphatic carbocycles. The van der Waals surface area contributed by atoms with Crippen molar-refractivity contribution in [3.8, 4) is 0 Å². The van der Waals surface area contributed by atoms with E-state index in [1.165, 1.54) is 24.6 Å². The lowest BCUT2D eigenvalue weighted by atomic mass is 9.81. The number of rotatable bonds is 3. The molecule has 0 atom stereocenters. The lowest BCUT2D eigenvalue weighted by molar-refractivity contribution is 0.0936. The first kappa shape index (κ1) is 10.6. The van der Waals surface area contributed by atoms with Crippen molar-refractivity contribution in [1.82, 2.24) is 0 Å². The normalized spacial score (nSPS) is 16.1. The van der Waals surface area contributed by atoms with E-state index in [9.17, 15) is 9.18 Å². The number of Topliss-reactive ketones (excluding diaryl/α,β-unsaturated/α-hetero) is 1. The Labute approximate surface area is 93.2 Å². The van der Waals surface area contributed by atoms with Crippen LogP contribution in [0.5, 0.6) is 0 Å². The maximum Gasteiger partial charge on any atom is 0.164 e. The fourth-order valence-electron chi connectivity index (χ4n) is 1.78. The van der Waals surface area contributed by atoms with E-state index in [1.807, 2.05) is 0 Å². The second kappa shape index (κ2) is 4.31. The minimum atomic E-state index is -0.406. The lowest BCUT2D eigenvalue weighted by Gasteiger charge is -2.24. The van der Waals surface area contributed by atoms with Gasteiger partial charge in [-0.15, -0.1) is 0 Å². The average Bonchev–Trinajstić information content (AvgIpc) is 2.15. The summed E-state index contributed by atoms with van der Waals surface area (Å²) >= 11 is 5.85. The van der Waals surface area contributed by atoms with Crippen LogP contribution in [0.25, 0.3) is 0 Å². The minimum Gasteiger partial charge on any atom is -0.294 e. The maximum atomic E-state index is 12.9. The fraction of sp³-hybridized carbons (Fsp3) is 0.417. The summed E-state index contributed by atoms with van der Waals surface area (Å²) in [7, 11) is 0. The molecule has 0 aromatic heterocycles. The van der Waals surface area contributed by atoms with E-state index >= 15 is 0 Å². The average molecular weight is 227 g/mol. The molecule has 0 N–H and O–H groups in total. The first-order valence-corrected chi connectivity index (χ1v) is 5.53. The number of ketones is 1. The van der Waals surface area contributed by atoms with Gasteiger partial charge in [-0.3, -0.25) is 4.79 Å². The van der Waals surface area contributed by atoms with Crippen LogP contribution >= 0.6 is 11.6 Å². The molecule has 0 spiro atoms. The second-order valence-electron chi connectivity index (χ2n) is 4.05. The molecule has 1 aromatic carbocycles. The summed E-state index contributed by atoms with van der Waals surface area (Å²) in [5.74, 6) is 0.0393. The van der Waals surface area contributed by atoms with Crippen LogP contribution in [0, 0.1) is 11.7 Å². The van der Waals surface area contributed by atoms with Gasteiger partial charge in [0.15, 0.2) is 5.78 Å². The minimum absolute atomic E-state index is 0.0378. The summed E-state index contributed by atoms with van der Waals surface area (Å²) in [5, 5.41) is 0.348. The third kappa shape index (κ3) is 2.37. The molecule has 1 saturated carbocycles. The van der Waals surface area contributed by atoms with Gasteiger partial charge in [0.1, 0.15) is 5.82 Å². The predicted molar refractivity (Wildman–Crippen MR) is 57.7 cm³/mol. The Balaban J connectivity index is 2.12. The zero-order chi connectivity index (χ0) is 10.8. The zero-order valence-corrected chi connectivity index (χ0v) is 9.06. The predicted octanol–water partition coefficient (Wildman–Crippen LogP) is 3.85. The number of benzene rings is 1. The van der Waals surface area contributed by atoms with Crippen LogP contribution in [0.4, 0.5) is 4.39 Å². The van der Waals surface area contributed by atoms with E-state index in [0.717, 1.165) is 12.8 Å².